The maximum atomic E-state index is 14.2. The van der Waals surface area contributed by atoms with Crippen LogP contribution < -0.4 is 10.2 Å². The molecule has 0 radical (unpaired) electrons. The predicted octanol–water partition coefficient (Wildman–Crippen LogP) is 3.88. The summed E-state index contributed by atoms with van der Waals surface area (Å²) in [6.07, 6.45) is 0. The number of rotatable bonds is 5. The second-order valence-corrected chi connectivity index (χ2v) is 5.17. The monoisotopic (exact) mass is 290 g/mol. The number of halogens is 2. The summed E-state index contributed by atoms with van der Waals surface area (Å²) >= 11 is 0. The van der Waals surface area contributed by atoms with Crippen molar-refractivity contribution in [3.8, 4) is 0 Å². The number of nitrogens with zero attached hydrogens (tertiary/aromatic N) is 1. The first-order valence-electron chi connectivity index (χ1n) is 6.94. The number of anilines is 1. The predicted molar refractivity (Wildman–Crippen MR) is 82.4 cm³/mol. The minimum absolute atomic E-state index is 0.0884. The summed E-state index contributed by atoms with van der Waals surface area (Å²) in [6, 6.07) is 11.8. The van der Waals surface area contributed by atoms with Crippen LogP contribution >= 0.6 is 0 Å². The third kappa shape index (κ3) is 3.58. The molecule has 0 aliphatic heterocycles. The zero-order valence-electron chi connectivity index (χ0n) is 12.5. The molecule has 112 valence electrons. The van der Waals surface area contributed by atoms with Gasteiger partial charge in [0, 0.05) is 25.2 Å². The summed E-state index contributed by atoms with van der Waals surface area (Å²) in [5.74, 6) is -0.571. The smallest absolute Gasteiger partial charge is 0.146 e. The lowest BCUT2D eigenvalue weighted by Crippen LogP contribution is -2.19. The Hall–Kier alpha value is -1.94. The number of benzene rings is 2. The Balaban J connectivity index is 2.20. The Bertz CT molecular complexity index is 613. The number of hydrogen-bond acceptors (Lipinski definition) is 2. The van der Waals surface area contributed by atoms with E-state index in [-0.39, 0.29) is 17.7 Å². The van der Waals surface area contributed by atoms with Crippen LogP contribution in [0, 0.1) is 11.6 Å². The zero-order valence-corrected chi connectivity index (χ0v) is 12.5. The molecule has 1 atom stereocenters. The summed E-state index contributed by atoms with van der Waals surface area (Å²) < 4.78 is 27.9. The Morgan fingerprint density at radius 3 is 2.43 bits per heavy atom. The molecule has 2 aromatic rings. The summed E-state index contributed by atoms with van der Waals surface area (Å²) in [4.78, 5) is 1.71. The quantitative estimate of drug-likeness (QED) is 0.899. The van der Waals surface area contributed by atoms with E-state index in [1.165, 1.54) is 12.1 Å². The molecule has 0 bridgehead atoms. The van der Waals surface area contributed by atoms with Crippen LogP contribution in [0.4, 0.5) is 14.5 Å². The van der Waals surface area contributed by atoms with Gasteiger partial charge < -0.3 is 10.2 Å². The maximum absolute atomic E-state index is 14.2. The SMILES string of the molecule is CNC(C)c1ccc(N(C)Cc2ccccc2F)c(F)c1. The van der Waals surface area contributed by atoms with Crippen molar-refractivity contribution in [1.82, 2.24) is 5.32 Å². The molecule has 2 rings (SSSR count). The average molecular weight is 290 g/mol. The fourth-order valence-corrected chi connectivity index (χ4v) is 2.24. The van der Waals surface area contributed by atoms with E-state index in [1.807, 2.05) is 20.0 Å². The molecule has 0 amide bonds. The fraction of sp³-hybridized carbons (Fsp3) is 0.294. The maximum Gasteiger partial charge on any atom is 0.146 e. The van der Waals surface area contributed by atoms with Gasteiger partial charge in [0.25, 0.3) is 0 Å². The van der Waals surface area contributed by atoms with Gasteiger partial charge in [0.1, 0.15) is 11.6 Å². The third-order valence-electron chi connectivity index (χ3n) is 3.68. The Labute approximate surface area is 124 Å². The van der Waals surface area contributed by atoms with Crippen molar-refractivity contribution < 1.29 is 8.78 Å². The fourth-order valence-electron chi connectivity index (χ4n) is 2.24. The van der Waals surface area contributed by atoms with E-state index in [1.54, 1.807) is 36.2 Å². The second kappa shape index (κ2) is 6.68. The average Bonchev–Trinajstić information content (AvgIpc) is 2.48. The van der Waals surface area contributed by atoms with Gasteiger partial charge >= 0.3 is 0 Å². The molecule has 2 nitrogen and oxygen atoms in total. The Morgan fingerprint density at radius 2 is 1.81 bits per heavy atom. The molecule has 0 aliphatic carbocycles. The molecule has 2 aromatic carbocycles. The van der Waals surface area contributed by atoms with E-state index in [2.05, 4.69) is 5.32 Å². The molecule has 0 aromatic heterocycles. The highest BCUT2D eigenvalue weighted by Crippen LogP contribution is 2.24. The number of nitrogens with one attached hydrogen (secondary N) is 1. The molecular formula is C17H20F2N2. The van der Waals surface area contributed by atoms with Crippen molar-refractivity contribution in [3.63, 3.8) is 0 Å². The first kappa shape index (κ1) is 15.4. The topological polar surface area (TPSA) is 15.3 Å². The van der Waals surface area contributed by atoms with Crippen LogP contribution in [-0.4, -0.2) is 14.1 Å². The largest absolute Gasteiger partial charge is 0.368 e. The molecule has 0 fully saturated rings. The molecule has 1 N–H and O–H groups in total. The van der Waals surface area contributed by atoms with Gasteiger partial charge in [0.05, 0.1) is 5.69 Å². The Kier molecular flexibility index (Phi) is 4.91. The molecule has 0 spiro atoms. The van der Waals surface area contributed by atoms with E-state index >= 15 is 0 Å². The van der Waals surface area contributed by atoms with Gasteiger partial charge in [-0.1, -0.05) is 24.3 Å². The van der Waals surface area contributed by atoms with E-state index in [0.717, 1.165) is 5.56 Å². The normalized spacial score (nSPS) is 12.2. The van der Waals surface area contributed by atoms with Crippen LogP contribution in [-0.2, 0) is 6.54 Å². The van der Waals surface area contributed by atoms with Crippen molar-refractivity contribution >= 4 is 5.69 Å². The molecule has 0 aliphatic rings. The van der Waals surface area contributed by atoms with Crippen molar-refractivity contribution in [2.24, 2.45) is 0 Å². The van der Waals surface area contributed by atoms with Crippen molar-refractivity contribution in [2.45, 2.75) is 19.5 Å². The van der Waals surface area contributed by atoms with Crippen LogP contribution in [0.15, 0.2) is 42.5 Å². The van der Waals surface area contributed by atoms with Gasteiger partial charge in [-0.05, 0) is 37.7 Å². The molecule has 0 saturated carbocycles. The number of hydrogen-bond donors (Lipinski definition) is 1. The van der Waals surface area contributed by atoms with Gasteiger partial charge in [-0.25, -0.2) is 8.78 Å². The first-order chi connectivity index (χ1) is 10.0. The lowest BCUT2D eigenvalue weighted by atomic mass is 10.1. The molecule has 1 unspecified atom stereocenters. The van der Waals surface area contributed by atoms with Gasteiger partial charge in [-0.3, -0.25) is 0 Å². The van der Waals surface area contributed by atoms with Crippen LogP contribution in [0.2, 0.25) is 0 Å². The van der Waals surface area contributed by atoms with E-state index in [9.17, 15) is 8.78 Å². The standard InChI is InChI=1S/C17H20F2N2/c1-12(20-2)13-8-9-17(16(19)10-13)21(3)11-14-6-4-5-7-15(14)18/h4-10,12,20H,11H2,1-3H3. The van der Waals surface area contributed by atoms with Crippen LogP contribution in [0.5, 0.6) is 0 Å². The summed E-state index contributed by atoms with van der Waals surface area (Å²) in [5, 5.41) is 3.07. The molecule has 4 heteroatoms. The van der Waals surface area contributed by atoms with Crippen molar-refractivity contribution in [3.05, 3.63) is 65.2 Å². The van der Waals surface area contributed by atoms with Gasteiger partial charge in [0.15, 0.2) is 0 Å². The molecule has 0 saturated heterocycles. The van der Waals surface area contributed by atoms with Gasteiger partial charge in [-0.2, -0.15) is 0 Å². The molecule has 0 heterocycles. The summed E-state index contributed by atoms with van der Waals surface area (Å²) in [6.45, 7) is 2.29. The van der Waals surface area contributed by atoms with E-state index < -0.39 is 0 Å². The minimum atomic E-state index is -0.298. The zero-order chi connectivity index (χ0) is 15.4. The second-order valence-electron chi connectivity index (χ2n) is 5.17. The van der Waals surface area contributed by atoms with Gasteiger partial charge in [0.2, 0.25) is 0 Å². The van der Waals surface area contributed by atoms with Gasteiger partial charge in [-0.15, -0.1) is 0 Å². The summed E-state index contributed by atoms with van der Waals surface area (Å²) in [5.41, 5.74) is 1.90. The Morgan fingerprint density at radius 1 is 1.10 bits per heavy atom. The molecule has 21 heavy (non-hydrogen) atoms. The highest BCUT2D eigenvalue weighted by molar-refractivity contribution is 5.49. The first-order valence-corrected chi connectivity index (χ1v) is 6.94. The highest BCUT2D eigenvalue weighted by Gasteiger charge is 2.12. The highest BCUT2D eigenvalue weighted by atomic mass is 19.1. The van der Waals surface area contributed by atoms with Crippen LogP contribution in [0.25, 0.3) is 0 Å². The van der Waals surface area contributed by atoms with E-state index in [0.29, 0.717) is 17.8 Å². The molecular weight excluding hydrogens is 270 g/mol. The summed E-state index contributed by atoms with van der Waals surface area (Å²) in [7, 11) is 3.59. The van der Waals surface area contributed by atoms with Crippen LogP contribution in [0.1, 0.15) is 24.1 Å². The third-order valence-corrected chi connectivity index (χ3v) is 3.68. The van der Waals surface area contributed by atoms with Crippen molar-refractivity contribution in [1.29, 1.82) is 0 Å². The van der Waals surface area contributed by atoms with E-state index in [4.69, 9.17) is 0 Å². The lowest BCUT2D eigenvalue weighted by molar-refractivity contribution is 0.595. The van der Waals surface area contributed by atoms with Crippen molar-refractivity contribution in [2.75, 3.05) is 19.0 Å². The minimum Gasteiger partial charge on any atom is -0.368 e. The lowest BCUT2D eigenvalue weighted by Gasteiger charge is -2.21. The van der Waals surface area contributed by atoms with Crippen LogP contribution in [0.3, 0.4) is 0 Å².